The van der Waals surface area contributed by atoms with Crippen molar-refractivity contribution in [1.29, 1.82) is 0 Å². The molecule has 3 rings (SSSR count). The number of amides is 1. The largest absolute Gasteiger partial charge is 0.457 e. The summed E-state index contributed by atoms with van der Waals surface area (Å²) in [4.78, 5) is 29.6. The first-order valence-corrected chi connectivity index (χ1v) is 12.0. The molecule has 1 amide bonds. The number of carbonyl (C=O) groups excluding carboxylic acids is 2. The van der Waals surface area contributed by atoms with Crippen LogP contribution in [0.2, 0.25) is 0 Å². The highest BCUT2D eigenvalue weighted by Crippen LogP contribution is 2.28. The van der Waals surface area contributed by atoms with Crippen molar-refractivity contribution in [2.24, 2.45) is 7.05 Å². The van der Waals surface area contributed by atoms with Gasteiger partial charge in [0.15, 0.2) is 10.9 Å². The van der Waals surface area contributed by atoms with E-state index in [2.05, 4.69) is 22.0 Å². The highest BCUT2D eigenvalue weighted by molar-refractivity contribution is 7.92. The minimum absolute atomic E-state index is 0.0272. The van der Waals surface area contributed by atoms with Crippen LogP contribution in [0.5, 0.6) is 0 Å². The summed E-state index contributed by atoms with van der Waals surface area (Å²) in [5.74, 6) is -1.12. The van der Waals surface area contributed by atoms with Gasteiger partial charge >= 0.3 is 5.97 Å². The molecule has 0 bridgehead atoms. The summed E-state index contributed by atoms with van der Waals surface area (Å²) in [6.07, 6.45) is 2.72. The fourth-order valence-electron chi connectivity index (χ4n) is 2.95. The van der Waals surface area contributed by atoms with E-state index >= 15 is 0 Å². The fraction of sp³-hybridized carbons (Fsp3) is 0.238. The summed E-state index contributed by atoms with van der Waals surface area (Å²) in [5.41, 5.74) is 1.35. The van der Waals surface area contributed by atoms with E-state index in [0.29, 0.717) is 5.69 Å². The van der Waals surface area contributed by atoms with Crippen LogP contribution in [0.1, 0.15) is 31.3 Å². The second kappa shape index (κ2) is 9.55. The molecule has 2 heterocycles. The van der Waals surface area contributed by atoms with Crippen LogP contribution in [0, 0.1) is 13.8 Å². The number of nitrogens with one attached hydrogen (secondary N) is 1. The molecule has 0 spiro atoms. The molecule has 0 fully saturated rings. The van der Waals surface area contributed by atoms with E-state index in [1.165, 1.54) is 43.2 Å². The van der Waals surface area contributed by atoms with Crippen LogP contribution in [0.4, 0.5) is 10.9 Å². The van der Waals surface area contributed by atoms with E-state index in [9.17, 15) is 18.0 Å². The number of carbonyl (C=O) groups is 2. The number of hydrogen-bond donors (Lipinski definition) is 1. The van der Waals surface area contributed by atoms with Crippen LogP contribution in [-0.2, 0) is 21.8 Å². The first kappa shape index (κ1) is 24.1. The standard InChI is InChI=1S/C21H23N5O5S2/c1-6-11-31-20(28)17-14(3)23-21(32-17)24-18(27)16-12-22-25(4)19(16)26(5)33(29,30)15-9-7-13(2)8-10-15/h6-10,12H,1,11H2,2-5H3,(H,23,24,27). The molecule has 0 aliphatic rings. The lowest BCUT2D eigenvalue weighted by molar-refractivity contribution is 0.0554. The van der Waals surface area contributed by atoms with E-state index in [-0.39, 0.29) is 32.9 Å². The third-order valence-electron chi connectivity index (χ3n) is 4.66. The molecule has 0 saturated heterocycles. The van der Waals surface area contributed by atoms with Gasteiger partial charge in [-0.3, -0.25) is 19.1 Å². The average molecular weight is 490 g/mol. The lowest BCUT2D eigenvalue weighted by Gasteiger charge is -2.20. The second-order valence-electron chi connectivity index (χ2n) is 7.07. The van der Waals surface area contributed by atoms with Gasteiger partial charge in [-0.05, 0) is 26.0 Å². The van der Waals surface area contributed by atoms with Gasteiger partial charge in [-0.15, -0.1) is 0 Å². The number of benzene rings is 1. The Hall–Kier alpha value is -3.51. The number of esters is 1. The van der Waals surface area contributed by atoms with Crippen LogP contribution < -0.4 is 9.62 Å². The Morgan fingerprint density at radius 3 is 2.58 bits per heavy atom. The highest BCUT2D eigenvalue weighted by Gasteiger charge is 2.29. The molecule has 0 saturated carbocycles. The number of rotatable bonds is 8. The lowest BCUT2D eigenvalue weighted by atomic mass is 10.2. The number of nitrogens with zero attached hydrogens (tertiary/aromatic N) is 4. The Balaban J connectivity index is 1.88. The predicted octanol–water partition coefficient (Wildman–Crippen LogP) is 2.91. The molecular weight excluding hydrogens is 466 g/mol. The monoisotopic (exact) mass is 489 g/mol. The van der Waals surface area contributed by atoms with Gasteiger partial charge in [-0.1, -0.05) is 41.7 Å². The lowest BCUT2D eigenvalue weighted by Crippen LogP contribution is -2.30. The topological polar surface area (TPSA) is 123 Å². The van der Waals surface area contributed by atoms with Gasteiger partial charge in [-0.2, -0.15) is 5.10 Å². The Morgan fingerprint density at radius 1 is 1.27 bits per heavy atom. The third-order valence-corrected chi connectivity index (χ3v) is 7.48. The van der Waals surface area contributed by atoms with Crippen molar-refractivity contribution in [1.82, 2.24) is 14.8 Å². The summed E-state index contributed by atoms with van der Waals surface area (Å²) in [5, 5.41) is 6.83. The van der Waals surface area contributed by atoms with Crippen LogP contribution in [0.25, 0.3) is 0 Å². The SMILES string of the molecule is C=CCOC(=O)c1sc(NC(=O)c2cnn(C)c2N(C)S(=O)(=O)c2ccc(C)cc2)nc1C. The maximum atomic E-state index is 13.1. The van der Waals surface area contributed by atoms with Crippen LogP contribution >= 0.6 is 11.3 Å². The molecule has 0 radical (unpaired) electrons. The predicted molar refractivity (Wildman–Crippen MR) is 125 cm³/mol. The molecule has 0 atom stereocenters. The number of sulfonamides is 1. The Labute approximate surface area is 195 Å². The number of hydrogen-bond acceptors (Lipinski definition) is 8. The molecule has 0 aliphatic heterocycles. The van der Waals surface area contributed by atoms with Gasteiger partial charge < -0.3 is 4.74 Å². The number of aromatic nitrogens is 3. The average Bonchev–Trinajstić information content (AvgIpc) is 3.33. The summed E-state index contributed by atoms with van der Waals surface area (Å²) >= 11 is 0.955. The Kier molecular flexibility index (Phi) is 6.98. The summed E-state index contributed by atoms with van der Waals surface area (Å²) in [6, 6.07) is 6.39. The van der Waals surface area contributed by atoms with E-state index in [1.807, 2.05) is 6.92 Å². The molecule has 1 aromatic carbocycles. The molecule has 1 N–H and O–H groups in total. The molecule has 2 aromatic heterocycles. The quantitative estimate of drug-likeness (QED) is 0.381. The van der Waals surface area contributed by atoms with Crippen LogP contribution in [-0.4, -0.2) is 48.7 Å². The fourth-order valence-corrected chi connectivity index (χ4v) is 5.05. The molecule has 33 heavy (non-hydrogen) atoms. The van der Waals surface area contributed by atoms with Gasteiger partial charge in [0.25, 0.3) is 15.9 Å². The van der Waals surface area contributed by atoms with Crippen molar-refractivity contribution in [2.75, 3.05) is 23.3 Å². The Bertz CT molecular complexity index is 1310. The van der Waals surface area contributed by atoms with Crippen molar-refractivity contribution in [3.8, 4) is 0 Å². The second-order valence-corrected chi connectivity index (χ2v) is 10.0. The number of ether oxygens (including phenoxy) is 1. The van der Waals surface area contributed by atoms with Crippen LogP contribution in [0.3, 0.4) is 0 Å². The van der Waals surface area contributed by atoms with Gasteiger partial charge in [-0.25, -0.2) is 18.2 Å². The molecule has 174 valence electrons. The van der Waals surface area contributed by atoms with Gasteiger partial charge in [0, 0.05) is 14.1 Å². The number of aryl methyl sites for hydroxylation is 3. The first-order valence-electron chi connectivity index (χ1n) is 9.70. The van der Waals surface area contributed by atoms with Gasteiger partial charge in [0.05, 0.1) is 16.8 Å². The third kappa shape index (κ3) is 4.96. The maximum absolute atomic E-state index is 13.1. The van der Waals surface area contributed by atoms with Crippen molar-refractivity contribution in [3.05, 3.63) is 64.8 Å². The normalized spacial score (nSPS) is 11.2. The summed E-state index contributed by atoms with van der Waals surface area (Å²) in [7, 11) is -1.05. The molecule has 10 nitrogen and oxygen atoms in total. The number of anilines is 2. The first-order chi connectivity index (χ1) is 15.6. The minimum atomic E-state index is -3.94. The van der Waals surface area contributed by atoms with Crippen molar-refractivity contribution < 1.29 is 22.7 Å². The minimum Gasteiger partial charge on any atom is -0.457 e. The molecular formula is C21H23N5O5S2. The molecule has 12 heteroatoms. The molecule has 0 aliphatic carbocycles. The van der Waals surface area contributed by atoms with Crippen molar-refractivity contribution in [3.63, 3.8) is 0 Å². The smallest absolute Gasteiger partial charge is 0.350 e. The zero-order valence-electron chi connectivity index (χ0n) is 18.5. The van der Waals surface area contributed by atoms with E-state index in [1.54, 1.807) is 19.1 Å². The molecule has 3 aromatic rings. The molecule has 0 unspecified atom stereocenters. The van der Waals surface area contributed by atoms with Crippen LogP contribution in [0.15, 0.2) is 48.0 Å². The summed E-state index contributed by atoms with van der Waals surface area (Å²) < 4.78 is 33.6. The van der Waals surface area contributed by atoms with Gasteiger partial charge in [0.1, 0.15) is 17.0 Å². The maximum Gasteiger partial charge on any atom is 0.350 e. The Morgan fingerprint density at radius 2 is 1.94 bits per heavy atom. The van der Waals surface area contributed by atoms with E-state index in [4.69, 9.17) is 4.74 Å². The van der Waals surface area contributed by atoms with E-state index < -0.39 is 21.9 Å². The van der Waals surface area contributed by atoms with Crippen molar-refractivity contribution >= 4 is 44.2 Å². The zero-order chi connectivity index (χ0) is 24.3. The van der Waals surface area contributed by atoms with E-state index in [0.717, 1.165) is 21.2 Å². The van der Waals surface area contributed by atoms with Crippen molar-refractivity contribution in [2.45, 2.75) is 18.7 Å². The summed E-state index contributed by atoms with van der Waals surface area (Å²) in [6.45, 7) is 7.02. The highest BCUT2D eigenvalue weighted by atomic mass is 32.2. The number of thiazole rings is 1. The van der Waals surface area contributed by atoms with Gasteiger partial charge in [0.2, 0.25) is 0 Å². The zero-order valence-corrected chi connectivity index (χ0v) is 20.2.